The highest BCUT2D eigenvalue weighted by Crippen LogP contribution is 2.19. The zero-order chi connectivity index (χ0) is 14.6. The standard InChI is InChI=1S/C17H26N2/c1-13-7-8-16(15(3)14(13)2)9-10-19(6)12-17(4,5)11-18/h7-8H,9-10,12H2,1-6H3. The lowest BCUT2D eigenvalue weighted by atomic mass is 9.94. The monoisotopic (exact) mass is 258 g/mol. The third kappa shape index (κ3) is 4.36. The van der Waals surface area contributed by atoms with Crippen LogP contribution in [-0.4, -0.2) is 25.0 Å². The van der Waals surface area contributed by atoms with Gasteiger partial charge in [-0.25, -0.2) is 0 Å². The smallest absolute Gasteiger partial charge is 0.0697 e. The van der Waals surface area contributed by atoms with Gasteiger partial charge in [-0.05, 0) is 70.3 Å². The third-order valence-corrected chi connectivity index (χ3v) is 3.90. The van der Waals surface area contributed by atoms with Crippen molar-refractivity contribution in [1.82, 2.24) is 4.90 Å². The van der Waals surface area contributed by atoms with E-state index in [-0.39, 0.29) is 5.41 Å². The molecule has 2 heteroatoms. The van der Waals surface area contributed by atoms with Crippen molar-refractivity contribution in [3.8, 4) is 6.07 Å². The Morgan fingerprint density at radius 3 is 2.37 bits per heavy atom. The Labute approximate surface area is 118 Å². The van der Waals surface area contributed by atoms with Crippen LogP contribution < -0.4 is 0 Å². The van der Waals surface area contributed by atoms with E-state index in [0.717, 1.165) is 19.5 Å². The fourth-order valence-corrected chi connectivity index (χ4v) is 2.38. The Hall–Kier alpha value is -1.33. The van der Waals surface area contributed by atoms with Gasteiger partial charge in [-0.2, -0.15) is 5.26 Å². The van der Waals surface area contributed by atoms with Gasteiger partial charge >= 0.3 is 0 Å². The molecular formula is C17H26N2. The number of hydrogen-bond donors (Lipinski definition) is 0. The van der Waals surface area contributed by atoms with Crippen molar-refractivity contribution in [2.45, 2.75) is 41.0 Å². The molecule has 0 fully saturated rings. The number of rotatable bonds is 5. The summed E-state index contributed by atoms with van der Waals surface area (Å²) in [5.74, 6) is 0. The lowest BCUT2D eigenvalue weighted by Crippen LogP contribution is -2.32. The van der Waals surface area contributed by atoms with Crippen molar-refractivity contribution in [3.05, 3.63) is 34.4 Å². The third-order valence-electron chi connectivity index (χ3n) is 3.90. The molecule has 0 heterocycles. The van der Waals surface area contributed by atoms with Gasteiger partial charge in [-0.3, -0.25) is 0 Å². The van der Waals surface area contributed by atoms with E-state index in [1.165, 1.54) is 22.3 Å². The van der Waals surface area contributed by atoms with Crippen LogP contribution in [0.4, 0.5) is 0 Å². The van der Waals surface area contributed by atoms with Gasteiger partial charge in [0.25, 0.3) is 0 Å². The molecular weight excluding hydrogens is 232 g/mol. The second-order valence-electron chi connectivity index (χ2n) is 6.28. The molecule has 0 saturated carbocycles. The summed E-state index contributed by atoms with van der Waals surface area (Å²) < 4.78 is 0. The molecule has 0 saturated heterocycles. The first-order chi connectivity index (χ1) is 8.76. The van der Waals surface area contributed by atoms with Crippen LogP contribution in [0.2, 0.25) is 0 Å². The van der Waals surface area contributed by atoms with Gasteiger partial charge in [0.05, 0.1) is 11.5 Å². The molecule has 0 unspecified atom stereocenters. The van der Waals surface area contributed by atoms with E-state index in [2.05, 4.69) is 50.9 Å². The summed E-state index contributed by atoms with van der Waals surface area (Å²) in [5, 5.41) is 9.06. The van der Waals surface area contributed by atoms with Crippen LogP contribution in [0.15, 0.2) is 12.1 Å². The van der Waals surface area contributed by atoms with Gasteiger partial charge in [0.15, 0.2) is 0 Å². The zero-order valence-corrected chi connectivity index (χ0v) is 13.2. The summed E-state index contributed by atoms with van der Waals surface area (Å²) in [7, 11) is 2.09. The quantitative estimate of drug-likeness (QED) is 0.806. The molecule has 0 aromatic heterocycles. The van der Waals surface area contributed by atoms with Gasteiger partial charge in [0, 0.05) is 13.1 Å². The molecule has 2 nitrogen and oxygen atoms in total. The van der Waals surface area contributed by atoms with Crippen LogP contribution in [0.1, 0.15) is 36.1 Å². The van der Waals surface area contributed by atoms with Gasteiger partial charge < -0.3 is 4.90 Å². The average molecular weight is 258 g/mol. The van der Waals surface area contributed by atoms with Crippen molar-refractivity contribution in [1.29, 1.82) is 5.26 Å². The van der Waals surface area contributed by atoms with Gasteiger partial charge in [-0.1, -0.05) is 12.1 Å². The molecule has 1 rings (SSSR count). The minimum Gasteiger partial charge on any atom is -0.304 e. The number of likely N-dealkylation sites (N-methyl/N-ethyl adjacent to an activating group) is 1. The van der Waals surface area contributed by atoms with Crippen LogP contribution in [0.3, 0.4) is 0 Å². The first kappa shape index (κ1) is 15.7. The summed E-state index contributed by atoms with van der Waals surface area (Å²) in [6.07, 6.45) is 1.05. The molecule has 104 valence electrons. The first-order valence-corrected chi connectivity index (χ1v) is 6.92. The predicted octanol–water partition coefficient (Wildman–Crippen LogP) is 3.64. The van der Waals surface area contributed by atoms with Gasteiger partial charge in [-0.15, -0.1) is 0 Å². The SMILES string of the molecule is Cc1ccc(CCN(C)CC(C)(C)C#N)c(C)c1C. The van der Waals surface area contributed by atoms with E-state index in [4.69, 9.17) is 5.26 Å². The van der Waals surface area contributed by atoms with E-state index in [1.54, 1.807) is 0 Å². The second kappa shape index (κ2) is 6.21. The van der Waals surface area contributed by atoms with E-state index >= 15 is 0 Å². The van der Waals surface area contributed by atoms with Crippen molar-refractivity contribution in [2.24, 2.45) is 5.41 Å². The van der Waals surface area contributed by atoms with Crippen LogP contribution in [0.5, 0.6) is 0 Å². The number of hydrogen-bond acceptors (Lipinski definition) is 2. The Kier molecular flexibility index (Phi) is 5.14. The Morgan fingerprint density at radius 2 is 1.79 bits per heavy atom. The molecule has 1 aromatic rings. The van der Waals surface area contributed by atoms with Crippen LogP contribution >= 0.6 is 0 Å². The van der Waals surface area contributed by atoms with Gasteiger partial charge in [0.1, 0.15) is 0 Å². The molecule has 0 aliphatic rings. The second-order valence-corrected chi connectivity index (χ2v) is 6.28. The Morgan fingerprint density at radius 1 is 1.16 bits per heavy atom. The van der Waals surface area contributed by atoms with Crippen molar-refractivity contribution in [2.75, 3.05) is 20.1 Å². The average Bonchev–Trinajstić information content (AvgIpc) is 2.34. The first-order valence-electron chi connectivity index (χ1n) is 6.92. The minimum absolute atomic E-state index is 0.271. The normalized spacial score (nSPS) is 11.7. The molecule has 0 N–H and O–H groups in total. The molecule has 0 radical (unpaired) electrons. The van der Waals surface area contributed by atoms with Crippen LogP contribution in [0.25, 0.3) is 0 Å². The fraction of sp³-hybridized carbons (Fsp3) is 0.588. The molecule has 0 bridgehead atoms. The summed E-state index contributed by atoms with van der Waals surface area (Å²) >= 11 is 0. The van der Waals surface area contributed by atoms with E-state index in [0.29, 0.717) is 0 Å². The summed E-state index contributed by atoms with van der Waals surface area (Å²) in [6, 6.07) is 6.80. The zero-order valence-electron chi connectivity index (χ0n) is 13.2. The van der Waals surface area contributed by atoms with Crippen molar-refractivity contribution in [3.63, 3.8) is 0 Å². The van der Waals surface area contributed by atoms with Crippen molar-refractivity contribution < 1.29 is 0 Å². The number of benzene rings is 1. The number of aryl methyl sites for hydroxylation is 1. The molecule has 0 aliphatic carbocycles. The van der Waals surface area contributed by atoms with Crippen LogP contribution in [-0.2, 0) is 6.42 Å². The summed E-state index contributed by atoms with van der Waals surface area (Å²) in [6.45, 7) is 12.3. The topological polar surface area (TPSA) is 27.0 Å². The van der Waals surface area contributed by atoms with Crippen LogP contribution in [0, 0.1) is 37.5 Å². The molecule has 19 heavy (non-hydrogen) atoms. The van der Waals surface area contributed by atoms with E-state index < -0.39 is 0 Å². The molecule has 0 spiro atoms. The highest BCUT2D eigenvalue weighted by molar-refractivity contribution is 5.38. The number of nitrogens with zero attached hydrogens (tertiary/aromatic N) is 2. The van der Waals surface area contributed by atoms with Gasteiger partial charge in [0.2, 0.25) is 0 Å². The molecule has 0 aliphatic heterocycles. The molecule has 0 atom stereocenters. The summed E-state index contributed by atoms with van der Waals surface area (Å²) in [4.78, 5) is 2.25. The maximum Gasteiger partial charge on any atom is 0.0697 e. The Bertz CT molecular complexity index is 481. The lowest BCUT2D eigenvalue weighted by Gasteiger charge is -2.24. The highest BCUT2D eigenvalue weighted by Gasteiger charge is 2.19. The van der Waals surface area contributed by atoms with E-state index in [1.807, 2.05) is 13.8 Å². The van der Waals surface area contributed by atoms with E-state index in [9.17, 15) is 0 Å². The maximum atomic E-state index is 9.06. The molecule has 1 aromatic carbocycles. The fourth-order valence-electron chi connectivity index (χ4n) is 2.38. The maximum absolute atomic E-state index is 9.06. The predicted molar refractivity (Wildman–Crippen MR) is 81.2 cm³/mol. The summed E-state index contributed by atoms with van der Waals surface area (Å²) in [5.41, 5.74) is 5.32. The highest BCUT2D eigenvalue weighted by atomic mass is 15.1. The Balaban J connectivity index is 2.63. The largest absolute Gasteiger partial charge is 0.304 e. The van der Waals surface area contributed by atoms with Crippen molar-refractivity contribution >= 4 is 0 Å². The minimum atomic E-state index is -0.271. The number of nitriles is 1. The lowest BCUT2D eigenvalue weighted by molar-refractivity contribution is 0.258. The molecule has 0 amide bonds.